The smallest absolute Gasteiger partial charge is 0.453 e. The van der Waals surface area contributed by atoms with Crippen LogP contribution in [0.4, 0.5) is 4.79 Å². The number of hydrogen-bond acceptors (Lipinski definition) is 12. The molecule has 0 bridgehead atoms. The topological polar surface area (TPSA) is 198 Å². The van der Waals surface area contributed by atoms with E-state index < -0.39 is 23.1 Å². The van der Waals surface area contributed by atoms with Crippen LogP contribution in [-0.4, -0.2) is 81.1 Å². The van der Waals surface area contributed by atoms with Crippen LogP contribution in [0, 0.1) is 0 Å². The second-order valence-electron chi connectivity index (χ2n) is 10.1. The fraction of sp³-hybridized carbons (Fsp3) is 0.357. The molecule has 0 aliphatic carbocycles. The van der Waals surface area contributed by atoms with Crippen LogP contribution in [0.1, 0.15) is 61.2 Å². The molecule has 4 rings (SSSR count). The first-order valence-electron chi connectivity index (χ1n) is 13.5. The first kappa shape index (κ1) is 31.4. The van der Waals surface area contributed by atoms with Crippen LogP contribution < -0.4 is 0 Å². The van der Waals surface area contributed by atoms with E-state index in [9.17, 15) is 19.8 Å². The summed E-state index contributed by atoms with van der Waals surface area (Å²) < 4.78 is 6.69. The van der Waals surface area contributed by atoms with Crippen LogP contribution in [0.25, 0.3) is 22.5 Å². The minimum Gasteiger partial charge on any atom is -0.477 e. The number of rotatable bonds is 13. The molecule has 4 aromatic rings. The number of benzene rings is 2. The number of carboxylic acid groups (broad SMARTS) is 1. The van der Waals surface area contributed by atoms with E-state index in [-0.39, 0.29) is 43.4 Å². The van der Waals surface area contributed by atoms with Gasteiger partial charge in [0.15, 0.2) is 5.69 Å². The van der Waals surface area contributed by atoms with Gasteiger partial charge in [-0.3, -0.25) is 15.3 Å². The summed E-state index contributed by atoms with van der Waals surface area (Å²) in [7, 11) is 0. The van der Waals surface area contributed by atoms with Crippen molar-refractivity contribution in [3.63, 3.8) is 0 Å². The lowest BCUT2D eigenvalue weighted by Crippen LogP contribution is -2.22. The van der Waals surface area contributed by atoms with Gasteiger partial charge in [-0.1, -0.05) is 60.3 Å². The summed E-state index contributed by atoms with van der Waals surface area (Å²) >= 11 is 0. The van der Waals surface area contributed by atoms with Gasteiger partial charge in [-0.25, -0.2) is 14.6 Å². The Labute approximate surface area is 246 Å². The number of nitrogens with zero attached hydrogens (tertiary/aromatic N) is 7. The lowest BCUT2D eigenvalue weighted by Gasteiger charge is -2.16. The molecule has 2 aromatic carbocycles. The molecule has 0 fully saturated rings. The zero-order valence-corrected chi connectivity index (χ0v) is 23.9. The molecule has 228 valence electrons. The van der Waals surface area contributed by atoms with Crippen LogP contribution in [0.15, 0.2) is 48.5 Å². The number of hydrogen-bond donors (Lipinski definition) is 4. The van der Waals surface area contributed by atoms with E-state index in [1.807, 2.05) is 43.3 Å². The van der Waals surface area contributed by atoms with Crippen LogP contribution in [0.3, 0.4) is 0 Å². The normalized spacial score (nSPS) is 11.7. The molecule has 0 spiro atoms. The maximum Gasteiger partial charge on any atom is 0.453 e. The van der Waals surface area contributed by atoms with Gasteiger partial charge in [0.25, 0.3) is 0 Å². The lowest BCUT2D eigenvalue weighted by atomic mass is 9.98. The van der Waals surface area contributed by atoms with Crippen molar-refractivity contribution in [3.05, 3.63) is 71.3 Å². The van der Waals surface area contributed by atoms with E-state index in [2.05, 4.69) is 25.2 Å². The Morgan fingerprint density at radius 1 is 1.02 bits per heavy atom. The number of aromatic nitrogens is 6. The molecule has 0 saturated heterocycles. The number of aryl methyl sites for hydroxylation is 1. The van der Waals surface area contributed by atoms with Crippen LogP contribution >= 0.6 is 0 Å². The quantitative estimate of drug-likeness (QED) is 0.129. The van der Waals surface area contributed by atoms with Gasteiger partial charge in [-0.05, 0) is 42.2 Å². The highest BCUT2D eigenvalue weighted by atomic mass is 17.1. The van der Waals surface area contributed by atoms with E-state index in [0.29, 0.717) is 17.8 Å². The summed E-state index contributed by atoms with van der Waals surface area (Å²) in [5, 5.41) is 49.1. The Morgan fingerprint density at radius 3 is 2.35 bits per heavy atom. The number of ether oxygens (including phenoxy) is 1. The van der Waals surface area contributed by atoms with Gasteiger partial charge in [0.1, 0.15) is 17.1 Å². The van der Waals surface area contributed by atoms with Crippen LogP contribution in [0.5, 0.6) is 0 Å². The van der Waals surface area contributed by atoms with Gasteiger partial charge in [0, 0.05) is 24.9 Å². The van der Waals surface area contributed by atoms with Crippen molar-refractivity contribution in [3.8, 4) is 22.5 Å². The van der Waals surface area contributed by atoms with Crippen molar-refractivity contribution >= 4 is 12.1 Å². The van der Waals surface area contributed by atoms with Gasteiger partial charge in [-0.2, -0.15) is 0 Å². The van der Waals surface area contributed by atoms with E-state index in [0.717, 1.165) is 27.9 Å². The Hall–Kier alpha value is -4.54. The average molecular weight is 596 g/mol. The third kappa shape index (κ3) is 7.65. The Morgan fingerprint density at radius 2 is 1.72 bits per heavy atom. The van der Waals surface area contributed by atoms with Gasteiger partial charge in [0.05, 0.1) is 18.6 Å². The highest BCUT2D eigenvalue weighted by Gasteiger charge is 2.31. The zero-order chi connectivity index (χ0) is 31.1. The number of carboxylic acids is 1. The minimum absolute atomic E-state index is 0.0339. The predicted octanol–water partition coefficient (Wildman–Crippen LogP) is 3.52. The lowest BCUT2D eigenvalue weighted by molar-refractivity contribution is -0.492. The van der Waals surface area contributed by atoms with Crippen molar-refractivity contribution in [1.29, 1.82) is 0 Å². The van der Waals surface area contributed by atoms with E-state index in [1.165, 1.54) is 13.8 Å². The molecule has 4 N–H and O–H groups in total. The number of aromatic carboxylic acids is 1. The zero-order valence-electron chi connectivity index (χ0n) is 23.9. The van der Waals surface area contributed by atoms with Gasteiger partial charge in [-0.15, -0.1) is 10.2 Å². The largest absolute Gasteiger partial charge is 0.477 e. The number of tetrazole rings is 1. The molecule has 0 atom stereocenters. The predicted molar refractivity (Wildman–Crippen MR) is 149 cm³/mol. The summed E-state index contributed by atoms with van der Waals surface area (Å²) in [6.45, 7) is 5.11. The van der Waals surface area contributed by atoms with Gasteiger partial charge in [0.2, 0.25) is 5.82 Å². The maximum atomic E-state index is 12.3. The third-order valence-corrected chi connectivity index (χ3v) is 6.37. The molecule has 0 radical (unpaired) electrons. The second kappa shape index (κ2) is 13.6. The highest BCUT2D eigenvalue weighted by Crippen LogP contribution is 2.31. The minimum atomic E-state index is -1.42. The standard InChI is InChI=1S/C28H33N7O8/c1-4-8-22-29-24(28(2,3)39)23(26(36)37)33(22)17-18-11-13-19(14-12-18)20-9-5-6-10-21(20)25-30-32-34(31-25)27(38)42-15-7-16-43-35(40)41/h5-6,9-14,39-41H,4,7-8,15-17H2,1-3H3,(H,36,37). The monoisotopic (exact) mass is 595 g/mol. The number of carbonyl (C=O) groups excluding carboxylic acids is 1. The summed E-state index contributed by atoms with van der Waals surface area (Å²) in [5.41, 5.74) is 1.75. The molecule has 0 aliphatic heterocycles. The van der Waals surface area contributed by atoms with E-state index in [1.54, 1.807) is 16.7 Å². The molecule has 2 heterocycles. The van der Waals surface area contributed by atoms with Gasteiger partial charge >= 0.3 is 12.1 Å². The summed E-state index contributed by atoms with van der Waals surface area (Å²) in [4.78, 5) is 34.1. The van der Waals surface area contributed by atoms with Crippen LogP contribution in [-0.2, 0) is 28.1 Å². The SMILES string of the molecule is CCCc1nc(C(C)(C)O)c(C(=O)O)n1Cc1ccc(-c2ccccc2-c2nnn(C(=O)OCCCON(O)O)n2)cc1. The van der Waals surface area contributed by atoms with E-state index >= 15 is 0 Å². The highest BCUT2D eigenvalue weighted by molar-refractivity contribution is 5.87. The Kier molecular flexibility index (Phi) is 9.95. The number of carbonyl (C=O) groups is 2. The molecule has 15 nitrogen and oxygen atoms in total. The van der Waals surface area contributed by atoms with Crippen LogP contribution in [0.2, 0.25) is 0 Å². The fourth-order valence-corrected chi connectivity index (χ4v) is 4.45. The molecular weight excluding hydrogens is 562 g/mol. The average Bonchev–Trinajstić information content (AvgIpc) is 3.59. The third-order valence-electron chi connectivity index (χ3n) is 6.37. The molecule has 0 saturated carbocycles. The van der Waals surface area contributed by atoms with Crippen molar-refractivity contribution < 1.29 is 39.8 Å². The second-order valence-corrected chi connectivity index (χ2v) is 10.1. The maximum absolute atomic E-state index is 12.3. The summed E-state index contributed by atoms with van der Waals surface area (Å²) in [6.07, 6.45) is 0.656. The van der Waals surface area contributed by atoms with Crippen molar-refractivity contribution in [2.75, 3.05) is 13.2 Å². The van der Waals surface area contributed by atoms with Crippen molar-refractivity contribution in [2.45, 2.75) is 52.2 Å². The number of aliphatic hydroxyl groups is 1. The summed E-state index contributed by atoms with van der Waals surface area (Å²) in [5.74, 6) is -0.367. The summed E-state index contributed by atoms with van der Waals surface area (Å²) in [6, 6.07) is 14.9. The molecular formula is C28H33N7O8. The van der Waals surface area contributed by atoms with Crippen molar-refractivity contribution in [1.82, 2.24) is 35.1 Å². The Bertz CT molecular complexity index is 1560. The molecule has 0 unspecified atom stereocenters. The Balaban J connectivity index is 1.54. The molecule has 0 aliphatic rings. The fourth-order valence-electron chi connectivity index (χ4n) is 4.45. The first-order valence-corrected chi connectivity index (χ1v) is 13.5. The molecule has 43 heavy (non-hydrogen) atoms. The molecule has 0 amide bonds. The molecule has 15 heteroatoms. The number of imidazole rings is 1. The first-order chi connectivity index (χ1) is 20.5. The van der Waals surface area contributed by atoms with E-state index in [4.69, 9.17) is 15.2 Å². The molecule has 2 aromatic heterocycles. The van der Waals surface area contributed by atoms with Gasteiger partial charge < -0.3 is 19.5 Å². The van der Waals surface area contributed by atoms with Crippen molar-refractivity contribution in [2.24, 2.45) is 0 Å².